The van der Waals surface area contributed by atoms with Gasteiger partial charge in [0.25, 0.3) is 0 Å². The number of rotatable bonds is 1. The number of benzene rings is 1. The highest BCUT2D eigenvalue weighted by Gasteiger charge is 2.20. The third kappa shape index (κ3) is 2.55. The number of nitrogens with one attached hydrogen (secondary N) is 1. The number of piperidine rings is 1. The lowest BCUT2D eigenvalue weighted by Gasteiger charge is -2.20. The molecule has 1 fully saturated rings. The van der Waals surface area contributed by atoms with E-state index in [9.17, 15) is 0 Å². The van der Waals surface area contributed by atoms with E-state index >= 15 is 0 Å². The molecule has 102 valence electrons. The lowest BCUT2D eigenvalue weighted by Crippen LogP contribution is -2.26. The van der Waals surface area contributed by atoms with E-state index in [1.165, 1.54) is 29.6 Å². The summed E-state index contributed by atoms with van der Waals surface area (Å²) >= 11 is 0. The highest BCUT2D eigenvalue weighted by Crippen LogP contribution is 2.33. The molecule has 2 heteroatoms. The van der Waals surface area contributed by atoms with Gasteiger partial charge in [-0.2, -0.15) is 0 Å². The van der Waals surface area contributed by atoms with E-state index in [-0.39, 0.29) is 5.41 Å². The van der Waals surface area contributed by atoms with E-state index in [1.54, 1.807) is 0 Å². The molecule has 0 atom stereocenters. The van der Waals surface area contributed by atoms with Crippen molar-refractivity contribution in [1.29, 1.82) is 0 Å². The van der Waals surface area contributed by atoms with Gasteiger partial charge in [-0.15, -0.1) is 0 Å². The van der Waals surface area contributed by atoms with E-state index in [0.717, 1.165) is 18.7 Å². The maximum Gasteiger partial charge on any atom is 0.134 e. The van der Waals surface area contributed by atoms with E-state index < -0.39 is 0 Å². The first kappa shape index (κ1) is 12.7. The van der Waals surface area contributed by atoms with Gasteiger partial charge in [0.1, 0.15) is 11.3 Å². The molecule has 0 spiro atoms. The molecule has 1 aliphatic heterocycles. The predicted octanol–water partition coefficient (Wildman–Crippen LogP) is 4.20. The van der Waals surface area contributed by atoms with Crippen LogP contribution >= 0.6 is 0 Å². The van der Waals surface area contributed by atoms with Crippen molar-refractivity contribution < 1.29 is 4.42 Å². The van der Waals surface area contributed by atoms with Crippen LogP contribution < -0.4 is 5.32 Å². The Morgan fingerprint density at radius 3 is 2.53 bits per heavy atom. The summed E-state index contributed by atoms with van der Waals surface area (Å²) in [6, 6.07) is 8.85. The van der Waals surface area contributed by atoms with Gasteiger partial charge < -0.3 is 9.73 Å². The third-order valence-electron chi connectivity index (χ3n) is 4.14. The smallest absolute Gasteiger partial charge is 0.134 e. The Labute approximate surface area is 115 Å². The first-order valence-corrected chi connectivity index (χ1v) is 7.29. The van der Waals surface area contributed by atoms with Crippen LogP contribution in [0.25, 0.3) is 11.0 Å². The van der Waals surface area contributed by atoms with Crippen molar-refractivity contribution >= 4 is 11.0 Å². The summed E-state index contributed by atoms with van der Waals surface area (Å²) in [4.78, 5) is 0. The van der Waals surface area contributed by atoms with Gasteiger partial charge in [0, 0.05) is 11.3 Å². The van der Waals surface area contributed by atoms with Crippen molar-refractivity contribution in [1.82, 2.24) is 5.32 Å². The average Bonchev–Trinajstić information content (AvgIpc) is 2.81. The molecule has 1 saturated heterocycles. The van der Waals surface area contributed by atoms with E-state index in [0.29, 0.717) is 5.92 Å². The highest BCUT2D eigenvalue weighted by molar-refractivity contribution is 5.79. The Balaban J connectivity index is 1.96. The fourth-order valence-electron chi connectivity index (χ4n) is 2.84. The Bertz CT molecular complexity index is 570. The number of fused-ring (bicyclic) bond motifs is 1. The fraction of sp³-hybridized carbons (Fsp3) is 0.529. The Kier molecular flexibility index (Phi) is 3.14. The van der Waals surface area contributed by atoms with Crippen LogP contribution in [0, 0.1) is 0 Å². The molecule has 2 aromatic rings. The van der Waals surface area contributed by atoms with Gasteiger partial charge in [0.05, 0.1) is 0 Å². The summed E-state index contributed by atoms with van der Waals surface area (Å²) in [5, 5.41) is 4.66. The summed E-state index contributed by atoms with van der Waals surface area (Å²) in [6.07, 6.45) is 2.37. The predicted molar refractivity (Wildman–Crippen MR) is 79.8 cm³/mol. The average molecular weight is 257 g/mol. The molecule has 1 N–H and O–H groups in total. The zero-order valence-corrected chi connectivity index (χ0v) is 12.1. The number of hydrogen-bond donors (Lipinski definition) is 1. The fourth-order valence-corrected chi connectivity index (χ4v) is 2.84. The van der Waals surface area contributed by atoms with Gasteiger partial charge in [-0.25, -0.2) is 0 Å². The van der Waals surface area contributed by atoms with Crippen molar-refractivity contribution in [3.8, 4) is 0 Å². The van der Waals surface area contributed by atoms with Crippen molar-refractivity contribution in [3.63, 3.8) is 0 Å². The zero-order valence-electron chi connectivity index (χ0n) is 12.1. The summed E-state index contributed by atoms with van der Waals surface area (Å²) in [7, 11) is 0. The van der Waals surface area contributed by atoms with Gasteiger partial charge in [0.2, 0.25) is 0 Å². The Morgan fingerprint density at radius 1 is 1.11 bits per heavy atom. The molecule has 1 aromatic heterocycles. The van der Waals surface area contributed by atoms with Crippen LogP contribution in [0.4, 0.5) is 0 Å². The van der Waals surface area contributed by atoms with Crippen molar-refractivity contribution in [2.24, 2.45) is 0 Å². The van der Waals surface area contributed by atoms with Gasteiger partial charge in [0.15, 0.2) is 0 Å². The Hall–Kier alpha value is -1.28. The van der Waals surface area contributed by atoms with Crippen LogP contribution in [0.3, 0.4) is 0 Å². The van der Waals surface area contributed by atoms with Crippen LogP contribution in [0.2, 0.25) is 0 Å². The summed E-state index contributed by atoms with van der Waals surface area (Å²) in [5.41, 5.74) is 2.60. The monoisotopic (exact) mass is 257 g/mol. The topological polar surface area (TPSA) is 25.2 Å². The van der Waals surface area contributed by atoms with Gasteiger partial charge >= 0.3 is 0 Å². The minimum Gasteiger partial charge on any atom is -0.461 e. The molecule has 0 unspecified atom stereocenters. The van der Waals surface area contributed by atoms with Crippen molar-refractivity contribution in [3.05, 3.63) is 35.6 Å². The summed E-state index contributed by atoms with van der Waals surface area (Å²) in [5.74, 6) is 1.76. The molecule has 0 bridgehead atoms. The second kappa shape index (κ2) is 4.68. The maximum absolute atomic E-state index is 6.05. The van der Waals surface area contributed by atoms with Crippen LogP contribution in [0.5, 0.6) is 0 Å². The normalized spacial score (nSPS) is 18.1. The minimum absolute atomic E-state index is 0.195. The molecule has 0 aliphatic carbocycles. The zero-order chi connectivity index (χ0) is 13.5. The van der Waals surface area contributed by atoms with Gasteiger partial charge in [-0.3, -0.25) is 0 Å². The minimum atomic E-state index is 0.195. The molecule has 0 radical (unpaired) electrons. The molecule has 2 heterocycles. The van der Waals surface area contributed by atoms with Crippen LogP contribution in [0.1, 0.15) is 50.9 Å². The molecular weight excluding hydrogens is 234 g/mol. The molecule has 0 amide bonds. The van der Waals surface area contributed by atoms with Crippen molar-refractivity contribution in [2.75, 3.05) is 13.1 Å². The first-order chi connectivity index (χ1) is 9.04. The van der Waals surface area contributed by atoms with Crippen molar-refractivity contribution in [2.45, 2.75) is 44.9 Å². The standard InChI is InChI=1S/C17H23NO/c1-17(2,3)14-4-5-15-13(10-14)11-16(19-15)12-6-8-18-9-7-12/h4-5,10-12,18H,6-9H2,1-3H3. The van der Waals surface area contributed by atoms with Crippen LogP contribution in [-0.2, 0) is 5.41 Å². The lowest BCUT2D eigenvalue weighted by molar-refractivity contribution is 0.397. The second-order valence-electron chi connectivity index (χ2n) is 6.68. The van der Waals surface area contributed by atoms with Crippen LogP contribution in [0.15, 0.2) is 28.7 Å². The second-order valence-corrected chi connectivity index (χ2v) is 6.68. The SMILES string of the molecule is CC(C)(C)c1ccc2oc(C3CCNCC3)cc2c1. The third-order valence-corrected chi connectivity index (χ3v) is 4.14. The molecule has 19 heavy (non-hydrogen) atoms. The largest absolute Gasteiger partial charge is 0.461 e. The highest BCUT2D eigenvalue weighted by atomic mass is 16.3. The molecule has 1 aliphatic rings. The van der Waals surface area contributed by atoms with E-state index in [4.69, 9.17) is 4.42 Å². The molecule has 3 rings (SSSR count). The molecule has 1 aromatic carbocycles. The van der Waals surface area contributed by atoms with E-state index in [1.807, 2.05) is 0 Å². The summed E-state index contributed by atoms with van der Waals surface area (Å²) < 4.78 is 6.05. The lowest BCUT2D eigenvalue weighted by atomic mass is 9.86. The number of furan rings is 1. The Morgan fingerprint density at radius 2 is 1.84 bits per heavy atom. The first-order valence-electron chi connectivity index (χ1n) is 7.29. The van der Waals surface area contributed by atoms with Gasteiger partial charge in [-0.05, 0) is 55.1 Å². The number of hydrogen-bond acceptors (Lipinski definition) is 2. The molecule has 0 saturated carbocycles. The van der Waals surface area contributed by atoms with E-state index in [2.05, 4.69) is 50.4 Å². The molecular formula is C17H23NO. The van der Waals surface area contributed by atoms with Crippen LogP contribution in [-0.4, -0.2) is 13.1 Å². The quantitative estimate of drug-likeness (QED) is 0.828. The summed E-state index contributed by atoms with van der Waals surface area (Å²) in [6.45, 7) is 8.97. The molecule has 2 nitrogen and oxygen atoms in total. The van der Waals surface area contributed by atoms with Gasteiger partial charge in [-0.1, -0.05) is 26.8 Å². The maximum atomic E-state index is 6.05.